The molecule has 0 radical (unpaired) electrons. The average Bonchev–Trinajstić information content (AvgIpc) is 2.94. The molecule has 134 valence electrons. The number of hydrogen-bond donors (Lipinski definition) is 0. The van der Waals surface area contributed by atoms with Crippen molar-refractivity contribution in [1.29, 1.82) is 0 Å². The lowest BCUT2D eigenvalue weighted by Crippen LogP contribution is -2.32. The second-order valence-electron chi connectivity index (χ2n) is 5.86. The molecule has 0 saturated heterocycles. The molecule has 1 saturated carbocycles. The van der Waals surface area contributed by atoms with Crippen LogP contribution >= 0.6 is 0 Å². The number of nitrogens with zero attached hydrogens (tertiary/aromatic N) is 2. The van der Waals surface area contributed by atoms with Crippen LogP contribution in [0.5, 0.6) is 0 Å². The van der Waals surface area contributed by atoms with Crippen LogP contribution in [0.4, 0.5) is 35.1 Å². The van der Waals surface area contributed by atoms with Gasteiger partial charge in [0.05, 0.1) is 17.3 Å². The molecule has 24 heavy (non-hydrogen) atoms. The van der Waals surface area contributed by atoms with Crippen LogP contribution in [0.1, 0.15) is 53.2 Å². The summed E-state index contributed by atoms with van der Waals surface area (Å²) in [4.78, 5) is 11.5. The summed E-state index contributed by atoms with van der Waals surface area (Å²) in [6, 6.07) is -1.24. The van der Waals surface area contributed by atoms with E-state index in [0.29, 0.717) is 4.68 Å². The van der Waals surface area contributed by atoms with E-state index in [0.717, 1.165) is 0 Å². The van der Waals surface area contributed by atoms with Gasteiger partial charge in [0, 0.05) is 6.42 Å². The lowest BCUT2D eigenvalue weighted by molar-refractivity contribution is -0.142. The number of alkyl halides is 8. The summed E-state index contributed by atoms with van der Waals surface area (Å²) in [5.74, 6) is -6.96. The van der Waals surface area contributed by atoms with Crippen LogP contribution in [0.2, 0.25) is 0 Å². The number of fused-ring (bicyclic) bond motifs is 1. The normalized spacial score (nSPS) is 32.9. The van der Waals surface area contributed by atoms with Gasteiger partial charge in [0.1, 0.15) is 12.3 Å². The molecule has 2 aliphatic carbocycles. The fraction of sp³-hybridized carbons (Fsp3) is 0.692. The third-order valence-electron chi connectivity index (χ3n) is 4.32. The summed E-state index contributed by atoms with van der Waals surface area (Å²) in [5.41, 5.74) is -4.68. The van der Waals surface area contributed by atoms with Crippen LogP contribution in [0.25, 0.3) is 0 Å². The van der Waals surface area contributed by atoms with Crippen LogP contribution in [0.15, 0.2) is 0 Å². The highest BCUT2D eigenvalue weighted by Crippen LogP contribution is 2.51. The van der Waals surface area contributed by atoms with Gasteiger partial charge in [-0.2, -0.15) is 27.1 Å². The van der Waals surface area contributed by atoms with Crippen molar-refractivity contribution in [2.75, 3.05) is 0 Å². The Morgan fingerprint density at radius 1 is 1.08 bits per heavy atom. The Labute approximate surface area is 129 Å². The number of ketones is 1. The van der Waals surface area contributed by atoms with Gasteiger partial charge in [0.25, 0.3) is 0 Å². The summed E-state index contributed by atoms with van der Waals surface area (Å²) in [6.07, 6.45) is -13.7. The molecule has 1 heterocycles. The van der Waals surface area contributed by atoms with Crippen molar-refractivity contribution in [2.24, 2.45) is 0 Å². The van der Waals surface area contributed by atoms with E-state index in [-0.39, 0.29) is 12.8 Å². The van der Waals surface area contributed by atoms with Gasteiger partial charge in [-0.3, -0.25) is 9.48 Å². The number of halogens is 8. The minimum atomic E-state index is -5.27. The SMILES string of the molecule is O=C1c2c(C(F)(F)F)nn([C@@H]3CC[C@@H](F)[C@@H](F)C3)c2[C@@H](F)C1(F)F. The average molecular weight is 362 g/mol. The Balaban J connectivity index is 2.13. The second-order valence-corrected chi connectivity index (χ2v) is 5.86. The second kappa shape index (κ2) is 5.16. The Kier molecular flexibility index (Phi) is 3.69. The van der Waals surface area contributed by atoms with Crippen LogP contribution in [-0.2, 0) is 6.18 Å². The molecule has 1 fully saturated rings. The molecule has 0 aromatic carbocycles. The van der Waals surface area contributed by atoms with E-state index < -0.39 is 65.8 Å². The van der Waals surface area contributed by atoms with E-state index in [1.807, 2.05) is 0 Å². The van der Waals surface area contributed by atoms with Crippen molar-refractivity contribution in [1.82, 2.24) is 9.78 Å². The molecular formula is C13H10F8N2O. The van der Waals surface area contributed by atoms with Gasteiger partial charge in [-0.25, -0.2) is 13.2 Å². The first-order chi connectivity index (χ1) is 11.0. The van der Waals surface area contributed by atoms with E-state index in [1.54, 1.807) is 0 Å². The first-order valence-electron chi connectivity index (χ1n) is 7.00. The Hall–Kier alpha value is -1.68. The van der Waals surface area contributed by atoms with Gasteiger partial charge in [-0.05, 0) is 12.8 Å². The molecule has 0 bridgehead atoms. The first kappa shape index (κ1) is 17.2. The number of hydrogen-bond acceptors (Lipinski definition) is 2. The van der Waals surface area contributed by atoms with Crippen molar-refractivity contribution in [3.05, 3.63) is 17.0 Å². The molecule has 0 aliphatic heterocycles. The van der Waals surface area contributed by atoms with Gasteiger partial charge in [0.2, 0.25) is 12.0 Å². The third-order valence-corrected chi connectivity index (χ3v) is 4.32. The van der Waals surface area contributed by atoms with Crippen LogP contribution in [0.3, 0.4) is 0 Å². The molecule has 2 aliphatic rings. The number of aromatic nitrogens is 2. The number of Topliss-reactive ketones (excluding diaryl/α,β-unsaturated/α-hetero) is 1. The van der Waals surface area contributed by atoms with Gasteiger partial charge in [-0.1, -0.05) is 0 Å². The topological polar surface area (TPSA) is 34.9 Å². The van der Waals surface area contributed by atoms with Gasteiger partial charge in [-0.15, -0.1) is 0 Å². The number of rotatable bonds is 1. The van der Waals surface area contributed by atoms with Crippen molar-refractivity contribution >= 4 is 5.78 Å². The summed E-state index contributed by atoms with van der Waals surface area (Å²) in [5, 5.41) is 3.06. The number of carbonyl (C=O) groups is 1. The highest BCUT2D eigenvalue weighted by molar-refractivity contribution is 6.07. The van der Waals surface area contributed by atoms with E-state index >= 15 is 0 Å². The van der Waals surface area contributed by atoms with Crippen LogP contribution in [0, 0.1) is 0 Å². The summed E-state index contributed by atoms with van der Waals surface area (Å²) in [6.45, 7) is 0. The van der Waals surface area contributed by atoms with Crippen LogP contribution < -0.4 is 0 Å². The van der Waals surface area contributed by atoms with Gasteiger partial charge in [0.15, 0.2) is 5.69 Å². The molecule has 1 aromatic heterocycles. The molecule has 0 amide bonds. The van der Waals surface area contributed by atoms with Crippen molar-refractivity contribution in [3.63, 3.8) is 0 Å². The standard InChI is InChI=1S/C13H10F8N2O/c14-5-2-1-4(3-6(5)15)23-8-7(10(22-23)13(19,20)21)11(24)12(17,18)9(8)16/h4-6,9H,1-3H2/t4-,5-,6+,9-/m1/s1. The summed E-state index contributed by atoms with van der Waals surface area (Å²) in [7, 11) is 0. The lowest BCUT2D eigenvalue weighted by Gasteiger charge is -2.29. The van der Waals surface area contributed by atoms with E-state index in [4.69, 9.17) is 0 Å². The maximum Gasteiger partial charge on any atom is 0.435 e. The van der Waals surface area contributed by atoms with E-state index in [2.05, 4.69) is 5.10 Å². The molecule has 0 N–H and O–H groups in total. The summed E-state index contributed by atoms with van der Waals surface area (Å²) >= 11 is 0. The predicted molar refractivity (Wildman–Crippen MR) is 63.0 cm³/mol. The minimum absolute atomic E-state index is 0.209. The molecule has 11 heteroatoms. The minimum Gasteiger partial charge on any atom is -0.287 e. The monoisotopic (exact) mass is 362 g/mol. The van der Waals surface area contributed by atoms with Crippen molar-refractivity contribution < 1.29 is 39.9 Å². The summed E-state index contributed by atoms with van der Waals surface area (Å²) < 4.78 is 107. The van der Waals surface area contributed by atoms with Crippen LogP contribution in [-0.4, -0.2) is 33.8 Å². The van der Waals surface area contributed by atoms with Gasteiger partial charge >= 0.3 is 12.1 Å². The maximum atomic E-state index is 14.0. The zero-order chi connectivity index (χ0) is 18.0. The largest absolute Gasteiger partial charge is 0.435 e. The zero-order valence-corrected chi connectivity index (χ0v) is 11.8. The molecule has 4 atom stereocenters. The van der Waals surface area contributed by atoms with Crippen molar-refractivity contribution in [2.45, 2.75) is 55.9 Å². The molecule has 0 spiro atoms. The molecule has 3 nitrogen and oxygen atoms in total. The van der Waals surface area contributed by atoms with Gasteiger partial charge < -0.3 is 0 Å². The zero-order valence-electron chi connectivity index (χ0n) is 11.8. The molecular weight excluding hydrogens is 352 g/mol. The number of carbonyl (C=O) groups excluding carboxylic acids is 1. The Morgan fingerprint density at radius 2 is 1.71 bits per heavy atom. The Morgan fingerprint density at radius 3 is 2.25 bits per heavy atom. The smallest absolute Gasteiger partial charge is 0.287 e. The first-order valence-corrected chi connectivity index (χ1v) is 7.00. The Bertz CT molecular complexity index is 682. The molecule has 1 aromatic rings. The highest BCUT2D eigenvalue weighted by atomic mass is 19.4. The highest BCUT2D eigenvalue weighted by Gasteiger charge is 2.62. The third kappa shape index (κ3) is 2.31. The fourth-order valence-corrected chi connectivity index (χ4v) is 3.12. The van der Waals surface area contributed by atoms with E-state index in [1.165, 1.54) is 0 Å². The maximum absolute atomic E-state index is 14.0. The quantitative estimate of drug-likeness (QED) is 0.704. The predicted octanol–water partition coefficient (Wildman–Crippen LogP) is 4.15. The molecule has 3 rings (SSSR count). The lowest BCUT2D eigenvalue weighted by atomic mass is 9.92. The van der Waals surface area contributed by atoms with Crippen molar-refractivity contribution in [3.8, 4) is 0 Å². The van der Waals surface area contributed by atoms with E-state index in [9.17, 15) is 39.9 Å². The molecule has 0 unspecified atom stereocenters. The fourth-order valence-electron chi connectivity index (χ4n) is 3.12.